The van der Waals surface area contributed by atoms with Gasteiger partial charge in [-0.25, -0.2) is 8.42 Å². The van der Waals surface area contributed by atoms with E-state index in [1.165, 1.54) is 19.9 Å². The fourth-order valence-electron chi connectivity index (χ4n) is 4.32. The summed E-state index contributed by atoms with van der Waals surface area (Å²) in [4.78, 5) is 15.5. The Morgan fingerprint density at radius 3 is 2.40 bits per heavy atom. The molecule has 0 amide bonds. The molecular weight excluding hydrogens is 639 g/mol. The van der Waals surface area contributed by atoms with Gasteiger partial charge < -0.3 is 5.11 Å². The van der Waals surface area contributed by atoms with E-state index in [1.54, 1.807) is 24.3 Å². The summed E-state index contributed by atoms with van der Waals surface area (Å²) in [5.74, 6) is -0.0625. The molecule has 3 aromatic carbocycles. The molecule has 35 heavy (non-hydrogen) atoms. The number of fused-ring (bicyclic) bond motifs is 3. The van der Waals surface area contributed by atoms with E-state index in [0.717, 1.165) is 33.3 Å². The maximum absolute atomic E-state index is 13.0. The predicted octanol–water partition coefficient (Wildman–Crippen LogP) is 6.03. The molecule has 0 atom stereocenters. The Labute approximate surface area is 217 Å². The fourth-order valence-corrected chi connectivity index (χ4v) is 6.02. The fraction of sp³-hybridized carbons (Fsp3) is 0.0714. The van der Waals surface area contributed by atoms with Crippen molar-refractivity contribution in [3.05, 3.63) is 89.7 Å². The van der Waals surface area contributed by atoms with Gasteiger partial charge in [-0.1, -0.05) is 54.1 Å². The van der Waals surface area contributed by atoms with E-state index in [9.17, 15) is 13.2 Å². The van der Waals surface area contributed by atoms with Crippen LogP contribution in [0.15, 0.2) is 82.3 Å². The summed E-state index contributed by atoms with van der Waals surface area (Å²) in [5, 5.41) is 9.50. The Bertz CT molecular complexity index is 1670. The summed E-state index contributed by atoms with van der Waals surface area (Å²) < 4.78 is 25.9. The quantitative estimate of drug-likeness (QED) is 0.140. The van der Waals surface area contributed by atoms with Gasteiger partial charge in [0.15, 0.2) is 15.6 Å². The van der Waals surface area contributed by atoms with Crippen molar-refractivity contribution in [1.82, 2.24) is 4.98 Å². The molecule has 4 aromatic rings. The first kappa shape index (κ1) is 24.7. The number of aliphatic hydroxyl groups is 1. The van der Waals surface area contributed by atoms with Crippen molar-refractivity contribution in [2.75, 3.05) is 0 Å². The minimum atomic E-state index is -3.51. The summed E-state index contributed by atoms with van der Waals surface area (Å²) in [6, 6.07) is 21.9. The zero-order chi connectivity index (χ0) is 24.0. The maximum atomic E-state index is 13.0. The van der Waals surface area contributed by atoms with Gasteiger partial charge in [-0.2, -0.15) is 0 Å². The molecule has 2 aliphatic rings. The van der Waals surface area contributed by atoms with Crippen molar-refractivity contribution in [1.29, 1.82) is 0 Å². The molecule has 1 aliphatic carbocycles. The molecule has 2 heterocycles. The van der Waals surface area contributed by atoms with Crippen LogP contribution in [0.4, 0.5) is 0 Å². The predicted molar refractivity (Wildman–Crippen MR) is 133 cm³/mol. The average molecular weight is 659 g/mol. The molecule has 177 valence electrons. The van der Waals surface area contributed by atoms with Crippen LogP contribution >= 0.6 is 0 Å². The van der Waals surface area contributed by atoms with Crippen molar-refractivity contribution < 1.29 is 38.4 Å². The summed E-state index contributed by atoms with van der Waals surface area (Å²) in [5.41, 5.74) is 6.05. The first-order valence-electron chi connectivity index (χ1n) is 10.7. The van der Waals surface area contributed by atoms with Crippen molar-refractivity contribution in [2.45, 2.75) is 23.6 Å². The van der Waals surface area contributed by atoms with Crippen LogP contribution in [-0.2, 0) is 34.7 Å². The van der Waals surface area contributed by atoms with Gasteiger partial charge >= 0.3 is 0 Å². The van der Waals surface area contributed by atoms with Crippen LogP contribution in [0.5, 0.6) is 0 Å². The van der Waals surface area contributed by atoms with Crippen LogP contribution in [0, 0.1) is 6.07 Å². The topological polar surface area (TPSA) is 84.3 Å². The minimum Gasteiger partial charge on any atom is -0.512 e. The van der Waals surface area contributed by atoms with E-state index < -0.39 is 9.84 Å². The largest absolute Gasteiger partial charge is 0.512 e. The summed E-state index contributed by atoms with van der Waals surface area (Å²) in [7, 11) is -3.51. The molecule has 0 fully saturated rings. The van der Waals surface area contributed by atoms with Crippen LogP contribution in [0.2, 0.25) is 0 Å². The molecule has 0 bridgehead atoms. The van der Waals surface area contributed by atoms with E-state index in [-0.39, 0.29) is 31.6 Å². The molecule has 1 radical (unpaired) electrons. The zero-order valence-electron chi connectivity index (χ0n) is 18.9. The molecule has 1 aliphatic heterocycles. The van der Waals surface area contributed by atoms with Gasteiger partial charge in [0.25, 0.3) is 0 Å². The second-order valence-corrected chi connectivity index (χ2v) is 10.1. The number of ketones is 1. The third kappa shape index (κ3) is 4.39. The van der Waals surface area contributed by atoms with Gasteiger partial charge in [0.1, 0.15) is 0 Å². The number of benzene rings is 3. The number of sulfone groups is 1. The van der Waals surface area contributed by atoms with Crippen LogP contribution < -0.4 is 0 Å². The normalized spacial score (nSPS) is 13.9. The monoisotopic (exact) mass is 659 g/mol. The van der Waals surface area contributed by atoms with Gasteiger partial charge in [0.05, 0.1) is 16.2 Å². The maximum Gasteiger partial charge on any atom is 0.189 e. The Morgan fingerprint density at radius 1 is 0.943 bits per heavy atom. The van der Waals surface area contributed by atoms with Crippen LogP contribution in [-0.4, -0.2) is 24.3 Å². The Balaban J connectivity index is 0.000000320. The van der Waals surface area contributed by atoms with Gasteiger partial charge in [0, 0.05) is 31.6 Å². The van der Waals surface area contributed by atoms with E-state index in [4.69, 9.17) is 10.1 Å². The number of allylic oxidation sites excluding steroid dienone is 2. The number of hydrogen-bond donors (Lipinski definition) is 1. The van der Waals surface area contributed by atoms with Gasteiger partial charge in [0.2, 0.25) is 0 Å². The number of carbonyl (C=O) groups excluding carboxylic acids is 1. The Hall–Kier alpha value is -3.38. The number of aromatic nitrogens is 1. The summed E-state index contributed by atoms with van der Waals surface area (Å²) in [6.07, 6.45) is 5.32. The molecule has 0 spiro atoms. The average Bonchev–Trinajstić information content (AvgIpc) is 3.32. The number of nitrogens with zero attached hydrogens (tertiary/aromatic N) is 1. The molecule has 1 N–H and O–H groups in total. The van der Waals surface area contributed by atoms with Gasteiger partial charge in [-0.3, -0.25) is 9.78 Å². The minimum absolute atomic E-state index is 0. The molecular formula is C28H20IrNO4S-. The second kappa shape index (κ2) is 9.34. The van der Waals surface area contributed by atoms with Crippen LogP contribution in [0.25, 0.3) is 45.4 Å². The Kier molecular flexibility index (Phi) is 6.60. The number of rotatable bonds is 2. The van der Waals surface area contributed by atoms with Crippen molar-refractivity contribution in [3.63, 3.8) is 0 Å². The van der Waals surface area contributed by atoms with Crippen molar-refractivity contribution >= 4 is 38.7 Å². The summed E-state index contributed by atoms with van der Waals surface area (Å²) in [6.45, 7) is 2.85. The Morgan fingerprint density at radius 2 is 1.69 bits per heavy atom. The zero-order valence-corrected chi connectivity index (χ0v) is 22.1. The van der Waals surface area contributed by atoms with E-state index >= 15 is 0 Å². The molecule has 6 rings (SSSR count). The molecule has 0 unspecified atom stereocenters. The smallest absolute Gasteiger partial charge is 0.189 e. The third-order valence-electron chi connectivity index (χ3n) is 5.70. The second-order valence-electron chi connectivity index (χ2n) is 8.19. The SMILES string of the molecule is CC(=O)/C=C(/C)O.O=S1(=O)c2ccccc2-c2c[c-]c(-c3cc4c5c(cccc5n3)C=C4)cc21.[Ir]. The van der Waals surface area contributed by atoms with Crippen molar-refractivity contribution in [2.24, 2.45) is 0 Å². The number of hydrogen-bond acceptors (Lipinski definition) is 5. The summed E-state index contributed by atoms with van der Waals surface area (Å²) >= 11 is 0. The van der Waals surface area contributed by atoms with Crippen LogP contribution in [0.3, 0.4) is 0 Å². The standard InChI is InChI=1S/C23H12NO2S.C5H8O2.Ir/c25-27(26)21-7-2-1-5-17(21)18-11-10-15(13-22(18)27)20-12-16-9-8-14-4-3-6-19(24-20)23(14)16;1-4(6)3-5(2)7;/h1-9,11-13H;3,6H,1-2H3;/q-1;;/b;4-3-;. The van der Waals surface area contributed by atoms with E-state index in [0.29, 0.717) is 20.9 Å². The number of pyridine rings is 1. The number of aliphatic hydroxyl groups excluding tert-OH is 1. The molecule has 0 saturated carbocycles. The van der Waals surface area contributed by atoms with Crippen molar-refractivity contribution in [3.8, 4) is 22.4 Å². The molecule has 1 aromatic heterocycles. The van der Waals surface area contributed by atoms with Gasteiger partial charge in [-0.15, -0.1) is 23.8 Å². The molecule has 5 nitrogen and oxygen atoms in total. The molecule has 7 heteroatoms. The van der Waals surface area contributed by atoms with E-state index in [1.807, 2.05) is 30.3 Å². The first-order chi connectivity index (χ1) is 16.3. The first-order valence-corrected chi connectivity index (χ1v) is 12.1. The molecule has 0 saturated heterocycles. The van der Waals surface area contributed by atoms with Gasteiger partial charge in [-0.05, 0) is 53.3 Å². The third-order valence-corrected chi connectivity index (χ3v) is 7.55. The number of carbonyl (C=O) groups is 1. The van der Waals surface area contributed by atoms with Crippen LogP contribution in [0.1, 0.15) is 25.0 Å². The van der Waals surface area contributed by atoms with E-state index in [2.05, 4.69) is 24.3 Å².